The number of hydrogen-bond acceptors (Lipinski definition) is 5. The van der Waals surface area contributed by atoms with Crippen LogP contribution in [0.5, 0.6) is 0 Å². The third-order valence-corrected chi connectivity index (χ3v) is 6.33. The smallest absolute Gasteiger partial charge is 0.123 e. The SMILES string of the molecule is NC1CC(Cc2ccoc2)CCN1CCCc1c[nH]c2ccc(-n3cnnc3)cc12. The van der Waals surface area contributed by atoms with Gasteiger partial charge in [-0.1, -0.05) is 0 Å². The fourth-order valence-corrected chi connectivity index (χ4v) is 4.67. The summed E-state index contributed by atoms with van der Waals surface area (Å²) >= 11 is 0. The molecule has 5 rings (SSSR count). The van der Waals surface area contributed by atoms with Gasteiger partial charge in [0.2, 0.25) is 0 Å². The molecule has 0 spiro atoms. The van der Waals surface area contributed by atoms with Gasteiger partial charge in [-0.05, 0) is 86.5 Å². The van der Waals surface area contributed by atoms with Crippen molar-refractivity contribution in [2.75, 3.05) is 13.1 Å². The van der Waals surface area contributed by atoms with Gasteiger partial charge in [-0.15, -0.1) is 10.2 Å². The van der Waals surface area contributed by atoms with Crippen molar-refractivity contribution in [1.29, 1.82) is 0 Å². The number of hydrogen-bond donors (Lipinski definition) is 2. The van der Waals surface area contributed by atoms with Gasteiger partial charge in [0.15, 0.2) is 0 Å². The molecule has 0 bridgehead atoms. The predicted octanol–water partition coefficient (Wildman–Crippen LogP) is 3.51. The Morgan fingerprint density at radius 2 is 2.10 bits per heavy atom. The molecular formula is C23H28N6O. The standard InChI is InChI=1S/C23H28N6O/c24-23-11-17(10-18-6-9-30-14-18)5-8-28(23)7-1-2-19-13-25-22-4-3-20(12-21(19)22)29-15-26-27-16-29/h3-4,6,9,12-17,23,25H,1-2,5,7-8,10-11,24H2. The summed E-state index contributed by atoms with van der Waals surface area (Å²) in [4.78, 5) is 5.85. The Kier molecular flexibility index (Phi) is 5.38. The summed E-state index contributed by atoms with van der Waals surface area (Å²) < 4.78 is 7.13. The van der Waals surface area contributed by atoms with Gasteiger partial charge in [0.1, 0.15) is 12.7 Å². The second-order valence-electron chi connectivity index (χ2n) is 8.35. The Morgan fingerprint density at radius 1 is 1.20 bits per heavy atom. The lowest BCUT2D eigenvalue weighted by molar-refractivity contribution is 0.114. The van der Waals surface area contributed by atoms with Crippen LogP contribution in [0.4, 0.5) is 0 Å². The molecule has 0 amide bonds. The molecule has 3 aromatic heterocycles. The number of aromatic nitrogens is 4. The van der Waals surface area contributed by atoms with Crippen LogP contribution in [0.2, 0.25) is 0 Å². The minimum absolute atomic E-state index is 0.152. The number of nitrogens with zero attached hydrogens (tertiary/aromatic N) is 4. The first-order chi connectivity index (χ1) is 14.8. The number of fused-ring (bicyclic) bond motifs is 1. The van der Waals surface area contributed by atoms with E-state index >= 15 is 0 Å². The van der Waals surface area contributed by atoms with Crippen LogP contribution in [0, 0.1) is 5.92 Å². The number of H-pyrrole nitrogens is 1. The molecule has 1 aromatic carbocycles. The number of aromatic amines is 1. The minimum Gasteiger partial charge on any atom is -0.472 e. The van der Waals surface area contributed by atoms with Crippen molar-refractivity contribution < 1.29 is 4.42 Å². The number of nitrogens with two attached hydrogens (primary N) is 1. The second kappa shape index (κ2) is 8.45. The molecule has 1 saturated heterocycles. The number of likely N-dealkylation sites (tertiary alicyclic amines) is 1. The third-order valence-electron chi connectivity index (χ3n) is 6.33. The molecule has 1 aliphatic heterocycles. The maximum Gasteiger partial charge on any atom is 0.123 e. The molecule has 0 aliphatic carbocycles. The van der Waals surface area contributed by atoms with Crippen LogP contribution >= 0.6 is 0 Å². The predicted molar refractivity (Wildman–Crippen MR) is 116 cm³/mol. The van der Waals surface area contributed by atoms with Gasteiger partial charge >= 0.3 is 0 Å². The molecular weight excluding hydrogens is 376 g/mol. The Hall–Kier alpha value is -2.90. The van der Waals surface area contributed by atoms with Crippen LogP contribution in [0.3, 0.4) is 0 Å². The van der Waals surface area contributed by atoms with E-state index in [2.05, 4.69) is 50.5 Å². The van der Waals surface area contributed by atoms with Crippen molar-refractivity contribution >= 4 is 10.9 Å². The van der Waals surface area contributed by atoms with E-state index in [1.54, 1.807) is 18.9 Å². The largest absolute Gasteiger partial charge is 0.472 e. The summed E-state index contributed by atoms with van der Waals surface area (Å²) in [5.74, 6) is 0.651. The molecule has 7 heteroatoms. The Morgan fingerprint density at radius 3 is 2.90 bits per heavy atom. The Bertz CT molecular complexity index is 1070. The number of furan rings is 1. The monoisotopic (exact) mass is 404 g/mol. The van der Waals surface area contributed by atoms with Crippen LogP contribution < -0.4 is 5.73 Å². The first-order valence-corrected chi connectivity index (χ1v) is 10.7. The molecule has 1 fully saturated rings. The zero-order chi connectivity index (χ0) is 20.3. The summed E-state index contributed by atoms with van der Waals surface area (Å²) in [5, 5.41) is 9.08. The molecule has 4 heterocycles. The molecule has 30 heavy (non-hydrogen) atoms. The lowest BCUT2D eigenvalue weighted by Crippen LogP contribution is -2.48. The highest BCUT2D eigenvalue weighted by atomic mass is 16.3. The average molecular weight is 405 g/mol. The molecule has 156 valence electrons. The van der Waals surface area contributed by atoms with Crippen molar-refractivity contribution in [3.05, 3.63) is 66.8 Å². The Balaban J connectivity index is 1.17. The van der Waals surface area contributed by atoms with Crippen molar-refractivity contribution in [2.24, 2.45) is 11.7 Å². The first-order valence-electron chi connectivity index (χ1n) is 10.7. The molecule has 7 nitrogen and oxygen atoms in total. The van der Waals surface area contributed by atoms with E-state index < -0.39 is 0 Å². The lowest BCUT2D eigenvalue weighted by Gasteiger charge is -2.37. The average Bonchev–Trinajstić information content (AvgIpc) is 3.52. The van der Waals surface area contributed by atoms with Gasteiger partial charge in [0.05, 0.1) is 18.7 Å². The highest BCUT2D eigenvalue weighted by molar-refractivity contribution is 5.85. The molecule has 3 N–H and O–H groups in total. The highest BCUT2D eigenvalue weighted by Crippen LogP contribution is 2.26. The summed E-state index contributed by atoms with van der Waals surface area (Å²) in [6, 6.07) is 8.47. The fourth-order valence-electron chi connectivity index (χ4n) is 4.67. The van der Waals surface area contributed by atoms with E-state index in [1.165, 1.54) is 28.5 Å². The second-order valence-corrected chi connectivity index (χ2v) is 8.35. The number of aryl methyl sites for hydroxylation is 1. The molecule has 1 aliphatic rings. The number of rotatable bonds is 7. The maximum atomic E-state index is 6.50. The number of benzene rings is 1. The molecule has 2 unspecified atom stereocenters. The van der Waals surface area contributed by atoms with Gasteiger partial charge in [-0.2, -0.15) is 0 Å². The zero-order valence-electron chi connectivity index (χ0n) is 17.1. The summed E-state index contributed by atoms with van der Waals surface area (Å²) in [6.07, 6.45) is 14.8. The van der Waals surface area contributed by atoms with Gasteiger partial charge in [-0.3, -0.25) is 9.47 Å². The van der Waals surface area contributed by atoms with Crippen molar-refractivity contribution in [2.45, 2.75) is 38.3 Å². The van der Waals surface area contributed by atoms with E-state index in [0.29, 0.717) is 5.92 Å². The first kappa shape index (κ1) is 19.1. The van der Waals surface area contributed by atoms with Crippen molar-refractivity contribution in [3.8, 4) is 5.69 Å². The van der Waals surface area contributed by atoms with E-state index in [-0.39, 0.29) is 6.17 Å². The van der Waals surface area contributed by atoms with Crippen LogP contribution in [0.25, 0.3) is 16.6 Å². The molecule has 0 radical (unpaired) electrons. The van der Waals surface area contributed by atoms with Crippen LogP contribution in [0.1, 0.15) is 30.4 Å². The topological polar surface area (TPSA) is 88.9 Å². The lowest BCUT2D eigenvalue weighted by atomic mass is 9.89. The zero-order valence-corrected chi connectivity index (χ0v) is 17.1. The quantitative estimate of drug-likeness (QED) is 0.492. The van der Waals surface area contributed by atoms with Crippen LogP contribution in [0.15, 0.2) is 60.1 Å². The van der Waals surface area contributed by atoms with Gasteiger partial charge in [0, 0.05) is 22.8 Å². The summed E-state index contributed by atoms with van der Waals surface area (Å²) in [6.45, 7) is 2.12. The van der Waals surface area contributed by atoms with E-state index in [4.69, 9.17) is 10.2 Å². The van der Waals surface area contributed by atoms with Crippen molar-refractivity contribution in [3.63, 3.8) is 0 Å². The van der Waals surface area contributed by atoms with E-state index in [9.17, 15) is 0 Å². The Labute approximate surface area is 175 Å². The van der Waals surface area contributed by atoms with Crippen LogP contribution in [-0.2, 0) is 12.8 Å². The molecule has 0 saturated carbocycles. The van der Waals surface area contributed by atoms with E-state index in [0.717, 1.165) is 44.5 Å². The number of piperidine rings is 1. The van der Waals surface area contributed by atoms with Crippen LogP contribution in [-0.4, -0.2) is 43.9 Å². The number of nitrogens with one attached hydrogen (secondary N) is 1. The van der Waals surface area contributed by atoms with Crippen molar-refractivity contribution in [1.82, 2.24) is 24.6 Å². The maximum absolute atomic E-state index is 6.50. The summed E-state index contributed by atoms with van der Waals surface area (Å²) in [5.41, 5.74) is 11.4. The van der Waals surface area contributed by atoms with Gasteiger partial charge in [-0.25, -0.2) is 0 Å². The van der Waals surface area contributed by atoms with Gasteiger partial charge in [0.25, 0.3) is 0 Å². The minimum atomic E-state index is 0.152. The fraction of sp³-hybridized carbons (Fsp3) is 0.391. The summed E-state index contributed by atoms with van der Waals surface area (Å²) in [7, 11) is 0. The molecule has 4 aromatic rings. The highest BCUT2D eigenvalue weighted by Gasteiger charge is 2.25. The van der Waals surface area contributed by atoms with E-state index in [1.807, 2.05) is 10.8 Å². The third kappa shape index (κ3) is 4.04. The normalized spacial score (nSPS) is 20.2. The van der Waals surface area contributed by atoms with Gasteiger partial charge < -0.3 is 15.1 Å². The molecule has 2 atom stereocenters.